The van der Waals surface area contributed by atoms with Crippen LogP contribution in [-0.2, 0) is 0 Å². The van der Waals surface area contributed by atoms with Gasteiger partial charge in [0.15, 0.2) is 0 Å². The summed E-state index contributed by atoms with van der Waals surface area (Å²) in [4.78, 5) is 6.48. The summed E-state index contributed by atoms with van der Waals surface area (Å²) in [6.45, 7) is 0.890. The van der Waals surface area contributed by atoms with Crippen molar-refractivity contribution in [2.45, 2.75) is 6.04 Å². The SMILES string of the molecule is CN1C=NC(c2ccc3ccc(F)cc3c2)C1. The van der Waals surface area contributed by atoms with E-state index < -0.39 is 0 Å². The lowest BCUT2D eigenvalue weighted by Crippen LogP contribution is -2.14. The van der Waals surface area contributed by atoms with E-state index in [0.29, 0.717) is 0 Å². The van der Waals surface area contributed by atoms with Gasteiger partial charge < -0.3 is 4.90 Å². The predicted molar refractivity (Wildman–Crippen MR) is 67.8 cm³/mol. The van der Waals surface area contributed by atoms with Gasteiger partial charge in [-0.3, -0.25) is 4.99 Å². The van der Waals surface area contributed by atoms with Gasteiger partial charge in [-0.15, -0.1) is 0 Å². The molecule has 1 aliphatic heterocycles. The molecule has 1 unspecified atom stereocenters. The van der Waals surface area contributed by atoms with Gasteiger partial charge >= 0.3 is 0 Å². The molecule has 3 heteroatoms. The van der Waals surface area contributed by atoms with Gasteiger partial charge in [0, 0.05) is 13.6 Å². The molecule has 0 N–H and O–H groups in total. The van der Waals surface area contributed by atoms with Gasteiger partial charge in [0.2, 0.25) is 0 Å². The Kier molecular flexibility index (Phi) is 2.32. The third kappa shape index (κ3) is 1.88. The zero-order valence-corrected chi connectivity index (χ0v) is 9.60. The minimum atomic E-state index is -0.193. The Hall–Kier alpha value is -1.90. The maximum atomic E-state index is 13.2. The summed E-state index contributed by atoms with van der Waals surface area (Å²) < 4.78 is 13.2. The van der Waals surface area contributed by atoms with E-state index in [2.05, 4.69) is 16.0 Å². The number of likely N-dealkylation sites (N-methyl/N-ethyl adjacent to an activating group) is 1. The largest absolute Gasteiger partial charge is 0.363 e. The second kappa shape index (κ2) is 3.84. The molecule has 0 aromatic heterocycles. The normalized spacial score (nSPS) is 19.2. The fourth-order valence-electron chi connectivity index (χ4n) is 2.20. The second-order valence-electron chi connectivity index (χ2n) is 4.47. The summed E-state index contributed by atoms with van der Waals surface area (Å²) in [6, 6.07) is 11.2. The van der Waals surface area contributed by atoms with E-state index in [1.54, 1.807) is 12.1 Å². The van der Waals surface area contributed by atoms with Crippen molar-refractivity contribution in [2.24, 2.45) is 4.99 Å². The van der Waals surface area contributed by atoms with Gasteiger partial charge in [-0.2, -0.15) is 0 Å². The van der Waals surface area contributed by atoms with Crippen LogP contribution in [0.2, 0.25) is 0 Å². The number of hydrogen-bond acceptors (Lipinski definition) is 2. The summed E-state index contributed by atoms with van der Waals surface area (Å²) in [5.41, 5.74) is 1.14. The molecule has 0 saturated heterocycles. The quantitative estimate of drug-likeness (QED) is 0.732. The van der Waals surface area contributed by atoms with E-state index >= 15 is 0 Å². The van der Waals surface area contributed by atoms with Gasteiger partial charge in [0.25, 0.3) is 0 Å². The lowest BCUT2D eigenvalue weighted by atomic mass is 10.0. The third-order valence-corrected chi connectivity index (χ3v) is 3.12. The van der Waals surface area contributed by atoms with Crippen molar-refractivity contribution in [1.82, 2.24) is 4.90 Å². The zero-order chi connectivity index (χ0) is 11.8. The summed E-state index contributed by atoms with van der Waals surface area (Å²) in [5.74, 6) is -0.193. The number of halogens is 1. The van der Waals surface area contributed by atoms with Gasteiger partial charge in [-0.05, 0) is 34.5 Å². The van der Waals surface area contributed by atoms with Gasteiger partial charge in [0.1, 0.15) is 5.82 Å². The van der Waals surface area contributed by atoms with Gasteiger partial charge in [-0.25, -0.2) is 4.39 Å². The predicted octanol–water partition coefficient (Wildman–Crippen LogP) is 2.99. The van der Waals surface area contributed by atoms with Crippen molar-refractivity contribution in [2.75, 3.05) is 13.6 Å². The van der Waals surface area contributed by atoms with E-state index in [1.165, 1.54) is 6.07 Å². The molecule has 0 bridgehead atoms. The molecule has 1 atom stereocenters. The minimum absolute atomic E-state index is 0.174. The molecule has 2 aromatic carbocycles. The maximum Gasteiger partial charge on any atom is 0.123 e. The first kappa shape index (κ1) is 10.3. The summed E-state index contributed by atoms with van der Waals surface area (Å²) in [6.07, 6.45) is 1.85. The molecule has 1 aliphatic rings. The van der Waals surface area contributed by atoms with Crippen LogP contribution in [-0.4, -0.2) is 24.8 Å². The molecule has 0 spiro atoms. The van der Waals surface area contributed by atoms with Crippen LogP contribution in [0.5, 0.6) is 0 Å². The maximum absolute atomic E-state index is 13.2. The van der Waals surface area contributed by atoms with Gasteiger partial charge in [0.05, 0.1) is 12.4 Å². The molecule has 1 heterocycles. The number of hydrogen-bond donors (Lipinski definition) is 0. The molecule has 0 aliphatic carbocycles. The van der Waals surface area contributed by atoms with E-state index in [1.807, 2.05) is 25.5 Å². The van der Waals surface area contributed by atoms with Crippen molar-refractivity contribution in [3.8, 4) is 0 Å². The highest BCUT2D eigenvalue weighted by molar-refractivity contribution is 5.83. The van der Waals surface area contributed by atoms with Crippen LogP contribution in [0.4, 0.5) is 4.39 Å². The monoisotopic (exact) mass is 228 g/mol. The Balaban J connectivity index is 2.04. The van der Waals surface area contributed by atoms with Crippen LogP contribution in [0.25, 0.3) is 10.8 Å². The summed E-state index contributed by atoms with van der Waals surface area (Å²) >= 11 is 0. The fraction of sp³-hybridized carbons (Fsp3) is 0.214. The standard InChI is InChI=1S/C14H13FN2/c1-17-8-14(16-9-17)11-3-2-10-4-5-13(15)7-12(10)6-11/h2-7,9,14H,8H2,1H3. The van der Waals surface area contributed by atoms with Crippen molar-refractivity contribution in [3.63, 3.8) is 0 Å². The van der Waals surface area contributed by atoms with Crippen LogP contribution in [0.1, 0.15) is 11.6 Å². The Morgan fingerprint density at radius 2 is 2.00 bits per heavy atom. The number of fused-ring (bicyclic) bond motifs is 1. The summed E-state index contributed by atoms with van der Waals surface area (Å²) in [7, 11) is 2.00. The lowest BCUT2D eigenvalue weighted by Gasteiger charge is -2.11. The second-order valence-corrected chi connectivity index (χ2v) is 4.47. The van der Waals surface area contributed by atoms with Crippen LogP contribution >= 0.6 is 0 Å². The van der Waals surface area contributed by atoms with Crippen LogP contribution < -0.4 is 0 Å². The van der Waals surface area contributed by atoms with E-state index in [4.69, 9.17) is 0 Å². The smallest absolute Gasteiger partial charge is 0.123 e. The zero-order valence-electron chi connectivity index (χ0n) is 9.60. The highest BCUT2D eigenvalue weighted by Crippen LogP contribution is 2.25. The first-order chi connectivity index (χ1) is 8.22. The number of rotatable bonds is 1. The molecule has 86 valence electrons. The van der Waals surface area contributed by atoms with E-state index in [9.17, 15) is 4.39 Å². The average Bonchev–Trinajstić information content (AvgIpc) is 2.75. The van der Waals surface area contributed by atoms with Crippen LogP contribution in [0.15, 0.2) is 41.4 Å². The molecular formula is C14H13FN2. The number of aliphatic imine (C=N–C) groups is 1. The fourth-order valence-corrected chi connectivity index (χ4v) is 2.20. The van der Waals surface area contributed by atoms with E-state index in [-0.39, 0.29) is 11.9 Å². The molecule has 17 heavy (non-hydrogen) atoms. The summed E-state index contributed by atoms with van der Waals surface area (Å²) in [5, 5.41) is 2.00. The lowest BCUT2D eigenvalue weighted by molar-refractivity contribution is 0.515. The topological polar surface area (TPSA) is 15.6 Å². The molecular weight excluding hydrogens is 215 g/mol. The minimum Gasteiger partial charge on any atom is -0.363 e. The highest BCUT2D eigenvalue weighted by Gasteiger charge is 2.16. The van der Waals surface area contributed by atoms with Crippen molar-refractivity contribution >= 4 is 17.1 Å². The van der Waals surface area contributed by atoms with Crippen molar-refractivity contribution < 1.29 is 4.39 Å². The molecule has 0 saturated carbocycles. The first-order valence-electron chi connectivity index (χ1n) is 5.65. The molecule has 0 radical (unpaired) electrons. The molecule has 0 fully saturated rings. The number of benzene rings is 2. The molecule has 0 amide bonds. The third-order valence-electron chi connectivity index (χ3n) is 3.12. The van der Waals surface area contributed by atoms with Crippen molar-refractivity contribution in [3.05, 3.63) is 47.8 Å². The average molecular weight is 228 g/mol. The van der Waals surface area contributed by atoms with Crippen LogP contribution in [0, 0.1) is 5.82 Å². The van der Waals surface area contributed by atoms with E-state index in [0.717, 1.165) is 22.9 Å². The van der Waals surface area contributed by atoms with Crippen molar-refractivity contribution in [1.29, 1.82) is 0 Å². The highest BCUT2D eigenvalue weighted by atomic mass is 19.1. The Morgan fingerprint density at radius 3 is 2.76 bits per heavy atom. The Bertz CT molecular complexity index is 592. The van der Waals surface area contributed by atoms with Gasteiger partial charge in [-0.1, -0.05) is 18.2 Å². The first-order valence-corrected chi connectivity index (χ1v) is 5.65. The molecule has 2 aromatic rings. The Labute approximate surface area is 99.4 Å². The Morgan fingerprint density at radius 1 is 1.18 bits per heavy atom. The molecule has 2 nitrogen and oxygen atoms in total. The molecule has 3 rings (SSSR count). The van der Waals surface area contributed by atoms with Crippen LogP contribution in [0.3, 0.4) is 0 Å². The number of nitrogens with zero attached hydrogens (tertiary/aromatic N) is 2.